The number of ether oxygens (including phenoxy) is 1. The number of rotatable bonds is 5. The van der Waals surface area contributed by atoms with Gasteiger partial charge in [-0.1, -0.05) is 18.9 Å². The van der Waals surface area contributed by atoms with Crippen LogP contribution in [0, 0.1) is 11.7 Å². The lowest BCUT2D eigenvalue weighted by Gasteiger charge is -2.25. The molecular formula is C19H25FN2O3. The standard InChI is InChI=1S/C19H25FN2O3/c1-21(11-13-7-8-17(25-2)16(20)9-13)19(24)14-10-18(23)22(12-14)15-5-3-4-6-15/h7-9,14-15H,3-6,10-12H2,1-2H3/t14-/m1/s1. The number of benzene rings is 1. The van der Waals surface area contributed by atoms with E-state index >= 15 is 0 Å². The predicted octanol–water partition coefficient (Wildman–Crippen LogP) is 2.58. The molecule has 0 bridgehead atoms. The van der Waals surface area contributed by atoms with Gasteiger partial charge in [0.2, 0.25) is 11.8 Å². The lowest BCUT2D eigenvalue weighted by molar-refractivity contribution is -0.135. The van der Waals surface area contributed by atoms with Crippen LogP contribution in [0.3, 0.4) is 0 Å². The molecule has 3 rings (SSSR count). The van der Waals surface area contributed by atoms with E-state index in [4.69, 9.17) is 4.74 Å². The summed E-state index contributed by atoms with van der Waals surface area (Å²) in [5.41, 5.74) is 0.700. The van der Waals surface area contributed by atoms with Gasteiger partial charge in [0.15, 0.2) is 11.6 Å². The summed E-state index contributed by atoms with van der Waals surface area (Å²) >= 11 is 0. The molecule has 1 atom stereocenters. The van der Waals surface area contributed by atoms with E-state index in [1.54, 1.807) is 24.1 Å². The van der Waals surface area contributed by atoms with Gasteiger partial charge >= 0.3 is 0 Å². The van der Waals surface area contributed by atoms with E-state index in [0.717, 1.165) is 25.7 Å². The first-order valence-electron chi connectivity index (χ1n) is 8.86. The molecule has 0 aromatic heterocycles. The third-order valence-electron chi connectivity index (χ3n) is 5.29. The fraction of sp³-hybridized carbons (Fsp3) is 0.579. The van der Waals surface area contributed by atoms with Gasteiger partial charge in [-0.2, -0.15) is 0 Å². The molecule has 6 heteroatoms. The van der Waals surface area contributed by atoms with Gasteiger partial charge < -0.3 is 14.5 Å². The molecule has 1 aliphatic carbocycles. The molecule has 0 radical (unpaired) electrons. The fourth-order valence-corrected chi connectivity index (χ4v) is 3.94. The van der Waals surface area contributed by atoms with Crippen molar-refractivity contribution in [3.63, 3.8) is 0 Å². The van der Waals surface area contributed by atoms with Gasteiger partial charge in [0.25, 0.3) is 0 Å². The first-order valence-corrected chi connectivity index (χ1v) is 8.86. The summed E-state index contributed by atoms with van der Waals surface area (Å²) in [5.74, 6) is -0.504. The topological polar surface area (TPSA) is 49.9 Å². The summed E-state index contributed by atoms with van der Waals surface area (Å²) in [5, 5.41) is 0. The fourth-order valence-electron chi connectivity index (χ4n) is 3.94. The second kappa shape index (κ2) is 7.42. The van der Waals surface area contributed by atoms with Crippen LogP contribution in [0.4, 0.5) is 4.39 Å². The summed E-state index contributed by atoms with van der Waals surface area (Å²) in [6.07, 6.45) is 4.71. The predicted molar refractivity (Wildman–Crippen MR) is 91.5 cm³/mol. The Morgan fingerprint density at radius 2 is 2.08 bits per heavy atom. The van der Waals surface area contributed by atoms with Crippen LogP contribution >= 0.6 is 0 Å². The third-order valence-corrected chi connectivity index (χ3v) is 5.29. The highest BCUT2D eigenvalue weighted by Gasteiger charge is 2.39. The second-order valence-electron chi connectivity index (χ2n) is 7.05. The zero-order valence-electron chi connectivity index (χ0n) is 14.8. The van der Waals surface area contributed by atoms with Crippen LogP contribution in [0.25, 0.3) is 0 Å². The van der Waals surface area contributed by atoms with Crippen LogP contribution < -0.4 is 4.74 Å². The highest BCUT2D eigenvalue weighted by molar-refractivity contribution is 5.89. The van der Waals surface area contributed by atoms with E-state index in [2.05, 4.69) is 0 Å². The first kappa shape index (κ1) is 17.7. The number of amides is 2. The van der Waals surface area contributed by atoms with Gasteiger partial charge in [0.1, 0.15) is 0 Å². The minimum atomic E-state index is -0.440. The van der Waals surface area contributed by atoms with Crippen molar-refractivity contribution in [1.29, 1.82) is 0 Å². The molecule has 136 valence electrons. The number of nitrogens with zero attached hydrogens (tertiary/aromatic N) is 2. The number of likely N-dealkylation sites (tertiary alicyclic amines) is 1. The SMILES string of the molecule is COc1ccc(CN(C)C(=O)[C@@H]2CC(=O)N(C3CCCC3)C2)cc1F. The lowest BCUT2D eigenvalue weighted by atomic mass is 10.1. The molecule has 25 heavy (non-hydrogen) atoms. The molecule has 1 aliphatic heterocycles. The van der Waals surface area contributed by atoms with Gasteiger partial charge in [-0.15, -0.1) is 0 Å². The van der Waals surface area contributed by atoms with E-state index in [1.807, 2.05) is 4.90 Å². The highest BCUT2D eigenvalue weighted by atomic mass is 19.1. The summed E-state index contributed by atoms with van der Waals surface area (Å²) in [6, 6.07) is 5.00. The Kier molecular flexibility index (Phi) is 5.25. The van der Waals surface area contributed by atoms with Crippen molar-refractivity contribution < 1.29 is 18.7 Å². The van der Waals surface area contributed by atoms with Crippen molar-refractivity contribution in [2.45, 2.75) is 44.7 Å². The van der Waals surface area contributed by atoms with Gasteiger partial charge in [-0.3, -0.25) is 9.59 Å². The molecule has 1 aromatic carbocycles. The Morgan fingerprint density at radius 1 is 1.36 bits per heavy atom. The van der Waals surface area contributed by atoms with E-state index < -0.39 is 5.82 Å². The van der Waals surface area contributed by atoms with Crippen molar-refractivity contribution in [2.24, 2.45) is 5.92 Å². The molecule has 0 unspecified atom stereocenters. The smallest absolute Gasteiger partial charge is 0.228 e. The van der Waals surface area contributed by atoms with Crippen LogP contribution in [0.2, 0.25) is 0 Å². The molecule has 1 heterocycles. The van der Waals surface area contributed by atoms with Gasteiger partial charge in [-0.25, -0.2) is 4.39 Å². The quantitative estimate of drug-likeness (QED) is 0.822. The van der Waals surface area contributed by atoms with Crippen LogP contribution in [-0.4, -0.2) is 48.4 Å². The Balaban J connectivity index is 1.60. The molecule has 0 N–H and O–H groups in total. The first-order chi connectivity index (χ1) is 12.0. The van der Waals surface area contributed by atoms with Crippen LogP contribution in [-0.2, 0) is 16.1 Å². The Hall–Kier alpha value is -2.11. The number of halogens is 1. The number of carbonyl (C=O) groups is 2. The molecule has 1 saturated heterocycles. The number of carbonyl (C=O) groups excluding carboxylic acids is 2. The number of hydrogen-bond donors (Lipinski definition) is 0. The molecule has 5 nitrogen and oxygen atoms in total. The van der Waals surface area contributed by atoms with Crippen LogP contribution in [0.15, 0.2) is 18.2 Å². The zero-order chi connectivity index (χ0) is 18.0. The number of hydrogen-bond acceptors (Lipinski definition) is 3. The molecule has 1 saturated carbocycles. The second-order valence-corrected chi connectivity index (χ2v) is 7.05. The van der Waals surface area contributed by atoms with E-state index in [-0.39, 0.29) is 29.9 Å². The van der Waals surface area contributed by atoms with Gasteiger partial charge in [0.05, 0.1) is 13.0 Å². The van der Waals surface area contributed by atoms with Crippen molar-refractivity contribution in [3.8, 4) is 5.75 Å². The van der Waals surface area contributed by atoms with Gasteiger partial charge in [-0.05, 0) is 30.5 Å². The molecule has 0 spiro atoms. The average molecular weight is 348 g/mol. The molecule has 2 aliphatic rings. The minimum Gasteiger partial charge on any atom is -0.494 e. The molecular weight excluding hydrogens is 323 g/mol. The van der Waals surface area contributed by atoms with E-state index in [0.29, 0.717) is 24.7 Å². The Morgan fingerprint density at radius 3 is 2.72 bits per heavy atom. The third kappa shape index (κ3) is 3.78. The number of methoxy groups -OCH3 is 1. The van der Waals surface area contributed by atoms with Crippen molar-refractivity contribution in [2.75, 3.05) is 20.7 Å². The summed E-state index contributed by atoms with van der Waals surface area (Å²) in [4.78, 5) is 28.4. The average Bonchev–Trinajstić information content (AvgIpc) is 3.23. The minimum absolute atomic E-state index is 0.0509. The summed E-state index contributed by atoms with van der Waals surface area (Å²) in [6.45, 7) is 0.831. The maximum absolute atomic E-state index is 13.8. The monoisotopic (exact) mass is 348 g/mol. The molecule has 1 aromatic rings. The summed E-state index contributed by atoms with van der Waals surface area (Å²) in [7, 11) is 3.12. The lowest BCUT2D eigenvalue weighted by Crippen LogP contribution is -2.37. The Labute approximate surface area is 147 Å². The highest BCUT2D eigenvalue weighted by Crippen LogP contribution is 2.30. The van der Waals surface area contributed by atoms with E-state index in [1.165, 1.54) is 13.2 Å². The Bertz CT molecular complexity index is 658. The molecule has 2 amide bonds. The van der Waals surface area contributed by atoms with Crippen molar-refractivity contribution in [3.05, 3.63) is 29.6 Å². The van der Waals surface area contributed by atoms with Crippen molar-refractivity contribution in [1.82, 2.24) is 9.80 Å². The maximum atomic E-state index is 13.8. The molecule has 2 fully saturated rings. The maximum Gasteiger partial charge on any atom is 0.228 e. The van der Waals surface area contributed by atoms with E-state index in [9.17, 15) is 14.0 Å². The van der Waals surface area contributed by atoms with Gasteiger partial charge in [0, 0.05) is 32.6 Å². The largest absolute Gasteiger partial charge is 0.494 e. The normalized spacial score (nSPS) is 21.0. The van der Waals surface area contributed by atoms with Crippen molar-refractivity contribution >= 4 is 11.8 Å². The zero-order valence-corrected chi connectivity index (χ0v) is 14.8. The summed E-state index contributed by atoms with van der Waals surface area (Å²) < 4.78 is 18.7. The van der Waals surface area contributed by atoms with Crippen LogP contribution in [0.5, 0.6) is 5.75 Å². The van der Waals surface area contributed by atoms with Crippen LogP contribution in [0.1, 0.15) is 37.7 Å².